The number of fused-ring (bicyclic) bond motifs is 1. The molecule has 0 fully saturated rings. The molecule has 1 aromatic heterocycles. The van der Waals surface area contributed by atoms with Crippen LogP contribution in [0, 0.1) is 0 Å². The van der Waals surface area contributed by atoms with Gasteiger partial charge in [-0.3, -0.25) is 0 Å². The molecular weight excluding hydrogens is 335 g/mol. The molecule has 1 heterocycles. The summed E-state index contributed by atoms with van der Waals surface area (Å²) < 4.78 is 43.2. The van der Waals surface area contributed by atoms with E-state index in [-0.39, 0.29) is 0 Å². The zero-order valence-electron chi connectivity index (χ0n) is 13.1. The monoisotopic (exact) mass is 349 g/mol. The molecule has 25 heavy (non-hydrogen) atoms. The Balaban J connectivity index is 1.74. The Bertz CT molecular complexity index is 919. The largest absolute Gasteiger partial charge is 0.497 e. The molecule has 0 aliphatic carbocycles. The lowest BCUT2D eigenvalue weighted by atomic mass is 10.2. The molecule has 3 rings (SSSR count). The smallest absolute Gasteiger partial charge is 0.431 e. The Labute approximate surface area is 140 Å². The summed E-state index contributed by atoms with van der Waals surface area (Å²) in [6, 6.07) is 11.7. The minimum absolute atomic E-state index is 0.339. The van der Waals surface area contributed by atoms with Crippen molar-refractivity contribution in [2.75, 3.05) is 17.7 Å². The second kappa shape index (κ2) is 6.39. The van der Waals surface area contributed by atoms with E-state index in [0.29, 0.717) is 28.0 Å². The van der Waals surface area contributed by atoms with E-state index in [1.54, 1.807) is 24.3 Å². The number of anilines is 2. The predicted molar refractivity (Wildman–Crippen MR) is 88.9 cm³/mol. The molecule has 3 N–H and O–H groups in total. The number of rotatable bonds is 3. The molecule has 0 saturated heterocycles. The molecule has 0 spiro atoms. The first kappa shape index (κ1) is 16.7. The number of H-pyrrole nitrogens is 1. The van der Waals surface area contributed by atoms with Crippen molar-refractivity contribution in [2.45, 2.75) is 6.18 Å². The maximum absolute atomic E-state index is 12.7. The highest BCUT2D eigenvalue weighted by molar-refractivity contribution is 6.01. The van der Waals surface area contributed by atoms with Crippen LogP contribution in [0.25, 0.3) is 10.9 Å². The maximum Gasteiger partial charge on any atom is 0.431 e. The number of urea groups is 1. The molecule has 0 bridgehead atoms. The molecule has 0 unspecified atom stereocenters. The van der Waals surface area contributed by atoms with Crippen molar-refractivity contribution < 1.29 is 22.7 Å². The van der Waals surface area contributed by atoms with Crippen molar-refractivity contribution in [3.63, 3.8) is 0 Å². The van der Waals surface area contributed by atoms with Crippen LogP contribution in [0.3, 0.4) is 0 Å². The first-order valence-electron chi connectivity index (χ1n) is 7.27. The first-order valence-corrected chi connectivity index (χ1v) is 7.27. The van der Waals surface area contributed by atoms with E-state index in [1.807, 2.05) is 0 Å². The zero-order chi connectivity index (χ0) is 18.0. The van der Waals surface area contributed by atoms with E-state index in [4.69, 9.17) is 4.74 Å². The standard InChI is InChI=1S/C17H14F3N3O2/c1-25-13-4-2-3-11(9-13)21-16(24)22-12-5-6-14-10(7-12)8-15(23-14)17(18,19)20/h2-9,23H,1H3,(H2,21,22,24). The van der Waals surface area contributed by atoms with Gasteiger partial charge in [0.05, 0.1) is 7.11 Å². The first-order chi connectivity index (χ1) is 11.8. The lowest BCUT2D eigenvalue weighted by Gasteiger charge is -2.09. The highest BCUT2D eigenvalue weighted by Gasteiger charge is 2.32. The van der Waals surface area contributed by atoms with Crippen LogP contribution >= 0.6 is 0 Å². The number of hydrogen-bond acceptors (Lipinski definition) is 2. The lowest BCUT2D eigenvalue weighted by molar-refractivity contribution is -0.140. The van der Waals surface area contributed by atoms with Gasteiger partial charge in [-0.15, -0.1) is 0 Å². The van der Waals surface area contributed by atoms with Crippen molar-refractivity contribution >= 4 is 28.3 Å². The Kier molecular flexibility index (Phi) is 4.26. The molecule has 5 nitrogen and oxygen atoms in total. The summed E-state index contributed by atoms with van der Waals surface area (Å²) in [5.74, 6) is 0.589. The number of nitrogens with one attached hydrogen (secondary N) is 3. The average molecular weight is 349 g/mol. The van der Waals surface area contributed by atoms with Crippen molar-refractivity contribution in [2.24, 2.45) is 0 Å². The van der Waals surface area contributed by atoms with Crippen LogP contribution in [-0.2, 0) is 6.18 Å². The fraction of sp³-hybridized carbons (Fsp3) is 0.118. The summed E-state index contributed by atoms with van der Waals surface area (Å²) in [4.78, 5) is 14.3. The van der Waals surface area contributed by atoms with Crippen molar-refractivity contribution in [3.05, 3.63) is 54.2 Å². The number of methoxy groups -OCH3 is 1. The van der Waals surface area contributed by atoms with Gasteiger partial charge in [0, 0.05) is 28.3 Å². The normalized spacial score (nSPS) is 11.4. The van der Waals surface area contributed by atoms with Crippen LogP contribution in [0.2, 0.25) is 0 Å². The molecule has 2 amide bonds. The summed E-state index contributed by atoms with van der Waals surface area (Å²) in [6.07, 6.45) is -4.45. The topological polar surface area (TPSA) is 66.2 Å². The van der Waals surface area contributed by atoms with Crippen LogP contribution in [0.15, 0.2) is 48.5 Å². The number of carbonyl (C=O) groups excluding carboxylic acids is 1. The van der Waals surface area contributed by atoms with Crippen molar-refractivity contribution in [3.8, 4) is 5.75 Å². The van der Waals surface area contributed by atoms with Gasteiger partial charge in [0.25, 0.3) is 0 Å². The van der Waals surface area contributed by atoms with Gasteiger partial charge < -0.3 is 20.4 Å². The van der Waals surface area contributed by atoms with Gasteiger partial charge in [-0.1, -0.05) is 6.07 Å². The van der Waals surface area contributed by atoms with Gasteiger partial charge in [-0.2, -0.15) is 13.2 Å². The summed E-state index contributed by atoms with van der Waals surface area (Å²) in [6.45, 7) is 0. The number of ether oxygens (including phenoxy) is 1. The molecular formula is C17H14F3N3O2. The lowest BCUT2D eigenvalue weighted by Crippen LogP contribution is -2.19. The average Bonchev–Trinajstić information content (AvgIpc) is 2.98. The highest BCUT2D eigenvalue weighted by Crippen LogP contribution is 2.32. The van der Waals surface area contributed by atoms with E-state index >= 15 is 0 Å². The number of benzene rings is 2. The number of aromatic amines is 1. The highest BCUT2D eigenvalue weighted by atomic mass is 19.4. The molecule has 0 atom stereocenters. The molecule has 2 aromatic carbocycles. The second-order valence-corrected chi connectivity index (χ2v) is 5.29. The number of amides is 2. The second-order valence-electron chi connectivity index (χ2n) is 5.29. The van der Waals surface area contributed by atoms with Crippen molar-refractivity contribution in [1.82, 2.24) is 4.98 Å². The van der Waals surface area contributed by atoms with Gasteiger partial charge in [0.1, 0.15) is 11.4 Å². The molecule has 0 radical (unpaired) electrons. The summed E-state index contributed by atoms with van der Waals surface area (Å²) in [7, 11) is 1.51. The Morgan fingerprint density at radius 1 is 1.04 bits per heavy atom. The number of carbonyl (C=O) groups is 1. The van der Waals surface area contributed by atoms with E-state index < -0.39 is 17.9 Å². The van der Waals surface area contributed by atoms with E-state index in [1.165, 1.54) is 25.3 Å². The van der Waals surface area contributed by atoms with Gasteiger partial charge in [0.2, 0.25) is 0 Å². The summed E-state index contributed by atoms with van der Waals surface area (Å²) in [5.41, 5.74) is 0.408. The molecule has 0 saturated carbocycles. The quantitative estimate of drug-likeness (QED) is 0.633. The van der Waals surface area contributed by atoms with Crippen LogP contribution in [-0.4, -0.2) is 18.1 Å². The molecule has 8 heteroatoms. The predicted octanol–water partition coefficient (Wildman–Crippen LogP) is 4.84. The van der Waals surface area contributed by atoms with Crippen molar-refractivity contribution in [1.29, 1.82) is 0 Å². The minimum Gasteiger partial charge on any atom is -0.497 e. The van der Waals surface area contributed by atoms with Gasteiger partial charge in [-0.05, 0) is 36.4 Å². The SMILES string of the molecule is COc1cccc(NC(=O)Nc2ccc3[nH]c(C(F)(F)F)cc3c2)c1. The van der Waals surface area contributed by atoms with Crippen LogP contribution < -0.4 is 15.4 Å². The Morgan fingerprint density at radius 2 is 1.76 bits per heavy atom. The molecule has 0 aliphatic heterocycles. The van der Waals surface area contributed by atoms with Gasteiger partial charge in [-0.25, -0.2) is 4.79 Å². The number of aromatic nitrogens is 1. The molecule has 3 aromatic rings. The third-order valence-electron chi connectivity index (χ3n) is 3.51. The van der Waals surface area contributed by atoms with Crippen LogP contribution in [0.1, 0.15) is 5.69 Å². The fourth-order valence-corrected chi connectivity index (χ4v) is 2.36. The Morgan fingerprint density at radius 3 is 2.44 bits per heavy atom. The van der Waals surface area contributed by atoms with Crippen LogP contribution in [0.4, 0.5) is 29.3 Å². The number of hydrogen-bond donors (Lipinski definition) is 3. The fourth-order valence-electron chi connectivity index (χ4n) is 2.36. The van der Waals surface area contributed by atoms with E-state index in [9.17, 15) is 18.0 Å². The summed E-state index contributed by atoms with van der Waals surface area (Å²) in [5, 5.41) is 5.56. The number of halogens is 3. The summed E-state index contributed by atoms with van der Waals surface area (Å²) >= 11 is 0. The zero-order valence-corrected chi connectivity index (χ0v) is 13.1. The Hall–Kier alpha value is -3.16. The minimum atomic E-state index is -4.45. The maximum atomic E-state index is 12.7. The van der Waals surface area contributed by atoms with Gasteiger partial charge in [0.15, 0.2) is 0 Å². The van der Waals surface area contributed by atoms with E-state index in [0.717, 1.165) is 6.07 Å². The van der Waals surface area contributed by atoms with E-state index in [2.05, 4.69) is 15.6 Å². The third-order valence-corrected chi connectivity index (χ3v) is 3.51. The van der Waals surface area contributed by atoms with Gasteiger partial charge >= 0.3 is 12.2 Å². The number of alkyl halides is 3. The molecule has 130 valence electrons. The third kappa shape index (κ3) is 3.85. The van der Waals surface area contributed by atoms with Crippen LogP contribution in [0.5, 0.6) is 5.75 Å². The molecule has 0 aliphatic rings.